The van der Waals surface area contributed by atoms with E-state index >= 15 is 0 Å². The second-order valence-electron chi connectivity index (χ2n) is 7.38. The molecule has 4 rings (SSSR count). The van der Waals surface area contributed by atoms with Gasteiger partial charge in [0.1, 0.15) is 23.4 Å². The fourth-order valence-corrected chi connectivity index (χ4v) is 3.89. The summed E-state index contributed by atoms with van der Waals surface area (Å²) in [5.74, 6) is 0.880. The smallest absolute Gasteiger partial charge is 0.251 e. The lowest BCUT2D eigenvalue weighted by Crippen LogP contribution is -2.24. The van der Waals surface area contributed by atoms with Crippen LogP contribution >= 0.6 is 11.6 Å². The monoisotopic (exact) mass is 470 g/mol. The van der Waals surface area contributed by atoms with Crippen molar-refractivity contribution in [2.45, 2.75) is 19.1 Å². The first-order chi connectivity index (χ1) is 15.9. The first kappa shape index (κ1) is 22.6. The van der Waals surface area contributed by atoms with Gasteiger partial charge in [0.15, 0.2) is 0 Å². The highest BCUT2D eigenvalue weighted by atomic mass is 35.5. The first-order valence-electron chi connectivity index (χ1n) is 10.1. The van der Waals surface area contributed by atoms with Gasteiger partial charge in [-0.1, -0.05) is 23.7 Å². The van der Waals surface area contributed by atoms with Crippen LogP contribution in [0.4, 0.5) is 11.5 Å². The average molecular weight is 471 g/mol. The molecule has 0 bridgehead atoms. The number of ether oxygens (including phenoxy) is 3. The van der Waals surface area contributed by atoms with Crippen molar-refractivity contribution < 1.29 is 23.8 Å². The molecular formula is C23H23ClN4O5. The van der Waals surface area contributed by atoms with Crippen LogP contribution in [0.2, 0.25) is 5.02 Å². The zero-order valence-corrected chi connectivity index (χ0v) is 19.1. The minimum absolute atomic E-state index is 0.118. The van der Waals surface area contributed by atoms with E-state index < -0.39 is 6.04 Å². The second kappa shape index (κ2) is 9.51. The lowest BCUT2D eigenvalue weighted by molar-refractivity contribution is -0.123. The van der Waals surface area contributed by atoms with Gasteiger partial charge in [-0.25, -0.2) is 4.68 Å². The SMILES string of the molecule is COCc1nn2c(c1-c1ccc(Cl)cc1)NC(=O)C2CC(=O)Nc1cc(OC)ccc1OC. The summed E-state index contributed by atoms with van der Waals surface area (Å²) in [6, 6.07) is 11.5. The Morgan fingerprint density at radius 2 is 1.91 bits per heavy atom. The number of fused-ring (bicyclic) bond motifs is 1. The number of aromatic nitrogens is 2. The number of methoxy groups -OCH3 is 3. The standard InChI is InChI=1S/C23H23ClN4O5/c1-31-12-17-21(13-4-6-14(24)7-5-13)22-26-23(30)18(28(22)27-17)11-20(29)25-16-10-15(32-2)8-9-19(16)33-3/h4-10,18H,11-12H2,1-3H3,(H,25,29)(H,26,30). The quantitative estimate of drug-likeness (QED) is 0.517. The van der Waals surface area contributed by atoms with Gasteiger partial charge in [-0.05, 0) is 29.8 Å². The Hall–Kier alpha value is -3.56. The molecule has 0 radical (unpaired) electrons. The molecule has 0 saturated heterocycles. The van der Waals surface area contributed by atoms with E-state index in [1.165, 1.54) is 14.2 Å². The number of hydrogen-bond acceptors (Lipinski definition) is 6. The molecule has 0 saturated carbocycles. The average Bonchev–Trinajstić information content (AvgIpc) is 3.29. The molecule has 172 valence electrons. The van der Waals surface area contributed by atoms with E-state index in [1.807, 2.05) is 12.1 Å². The van der Waals surface area contributed by atoms with Gasteiger partial charge in [0.2, 0.25) is 5.91 Å². The van der Waals surface area contributed by atoms with Crippen LogP contribution in [0.1, 0.15) is 18.2 Å². The van der Waals surface area contributed by atoms with Gasteiger partial charge in [-0.2, -0.15) is 5.10 Å². The number of rotatable bonds is 8. The first-order valence-corrected chi connectivity index (χ1v) is 10.5. The second-order valence-corrected chi connectivity index (χ2v) is 7.81. The molecule has 1 atom stereocenters. The molecule has 2 heterocycles. The van der Waals surface area contributed by atoms with E-state index in [0.29, 0.717) is 33.7 Å². The highest BCUT2D eigenvalue weighted by Gasteiger charge is 2.37. The molecule has 0 aliphatic carbocycles. The van der Waals surface area contributed by atoms with E-state index in [2.05, 4.69) is 15.7 Å². The van der Waals surface area contributed by atoms with Gasteiger partial charge >= 0.3 is 0 Å². The Balaban J connectivity index is 1.62. The summed E-state index contributed by atoms with van der Waals surface area (Å²) in [6.45, 7) is 0.244. The molecule has 33 heavy (non-hydrogen) atoms. The maximum absolute atomic E-state index is 12.8. The van der Waals surface area contributed by atoms with Gasteiger partial charge in [0, 0.05) is 23.8 Å². The normalized spacial score (nSPS) is 14.5. The van der Waals surface area contributed by atoms with E-state index in [4.69, 9.17) is 25.8 Å². The molecule has 1 unspecified atom stereocenters. The maximum atomic E-state index is 12.8. The Bertz CT molecular complexity index is 1190. The van der Waals surface area contributed by atoms with Crippen molar-refractivity contribution in [1.82, 2.24) is 9.78 Å². The van der Waals surface area contributed by atoms with Crippen LogP contribution in [0.15, 0.2) is 42.5 Å². The van der Waals surface area contributed by atoms with Crippen molar-refractivity contribution in [2.24, 2.45) is 0 Å². The molecule has 0 spiro atoms. The van der Waals surface area contributed by atoms with Crippen molar-refractivity contribution in [3.05, 3.63) is 53.2 Å². The van der Waals surface area contributed by atoms with Crippen molar-refractivity contribution in [3.8, 4) is 22.6 Å². The number of nitrogens with one attached hydrogen (secondary N) is 2. The van der Waals surface area contributed by atoms with Crippen LogP contribution in [-0.4, -0.2) is 42.9 Å². The summed E-state index contributed by atoms with van der Waals surface area (Å²) < 4.78 is 17.4. The van der Waals surface area contributed by atoms with Crippen LogP contribution in [-0.2, 0) is 20.9 Å². The fraction of sp³-hybridized carbons (Fsp3) is 0.261. The summed E-state index contributed by atoms with van der Waals surface area (Å²) >= 11 is 6.03. The third kappa shape index (κ3) is 4.50. The molecular weight excluding hydrogens is 448 g/mol. The number of carbonyl (C=O) groups is 2. The van der Waals surface area contributed by atoms with E-state index in [0.717, 1.165) is 11.1 Å². The zero-order chi connectivity index (χ0) is 23.5. The van der Waals surface area contributed by atoms with Gasteiger partial charge in [0.25, 0.3) is 5.91 Å². The third-order valence-corrected chi connectivity index (χ3v) is 5.55. The highest BCUT2D eigenvalue weighted by Crippen LogP contribution is 2.39. The molecule has 10 heteroatoms. The summed E-state index contributed by atoms with van der Waals surface area (Å²) in [4.78, 5) is 25.6. The minimum atomic E-state index is -0.812. The Labute approximate surface area is 195 Å². The zero-order valence-electron chi connectivity index (χ0n) is 18.3. The highest BCUT2D eigenvalue weighted by molar-refractivity contribution is 6.30. The Morgan fingerprint density at radius 1 is 1.15 bits per heavy atom. The topological polar surface area (TPSA) is 104 Å². The summed E-state index contributed by atoms with van der Waals surface area (Å²) in [7, 11) is 4.61. The van der Waals surface area contributed by atoms with E-state index in [-0.39, 0.29) is 24.8 Å². The van der Waals surface area contributed by atoms with Gasteiger partial charge in [-0.3, -0.25) is 9.59 Å². The summed E-state index contributed by atoms with van der Waals surface area (Å²) in [6.07, 6.45) is -0.118. The van der Waals surface area contributed by atoms with Gasteiger partial charge in [-0.15, -0.1) is 0 Å². The largest absolute Gasteiger partial charge is 0.497 e. The number of carbonyl (C=O) groups excluding carboxylic acids is 2. The molecule has 3 aromatic rings. The van der Waals surface area contributed by atoms with Crippen LogP contribution in [0.25, 0.3) is 11.1 Å². The Morgan fingerprint density at radius 3 is 2.58 bits per heavy atom. The molecule has 2 amide bonds. The summed E-state index contributed by atoms with van der Waals surface area (Å²) in [5.41, 5.74) is 2.66. The molecule has 1 aromatic heterocycles. The number of anilines is 2. The van der Waals surface area contributed by atoms with Crippen molar-refractivity contribution >= 4 is 34.9 Å². The number of nitrogens with zero attached hydrogens (tertiary/aromatic N) is 2. The fourth-order valence-electron chi connectivity index (χ4n) is 3.76. The molecule has 2 aromatic carbocycles. The lowest BCUT2D eigenvalue weighted by Gasteiger charge is -2.13. The maximum Gasteiger partial charge on any atom is 0.251 e. The van der Waals surface area contributed by atoms with Crippen LogP contribution < -0.4 is 20.1 Å². The molecule has 0 fully saturated rings. The van der Waals surface area contributed by atoms with Crippen LogP contribution in [0.5, 0.6) is 11.5 Å². The molecule has 9 nitrogen and oxygen atoms in total. The van der Waals surface area contributed by atoms with Crippen molar-refractivity contribution in [3.63, 3.8) is 0 Å². The van der Waals surface area contributed by atoms with E-state index in [9.17, 15) is 9.59 Å². The minimum Gasteiger partial charge on any atom is -0.497 e. The molecule has 1 aliphatic heterocycles. The van der Waals surface area contributed by atoms with Crippen LogP contribution in [0.3, 0.4) is 0 Å². The predicted octanol–water partition coefficient (Wildman–Crippen LogP) is 3.89. The number of halogens is 1. The molecule has 2 N–H and O–H groups in total. The third-order valence-electron chi connectivity index (χ3n) is 5.30. The van der Waals surface area contributed by atoms with Crippen molar-refractivity contribution in [2.75, 3.05) is 32.0 Å². The number of benzene rings is 2. The number of hydrogen-bond donors (Lipinski definition) is 2. The summed E-state index contributed by atoms with van der Waals surface area (Å²) in [5, 5.41) is 10.8. The van der Waals surface area contributed by atoms with Crippen molar-refractivity contribution in [1.29, 1.82) is 0 Å². The van der Waals surface area contributed by atoms with E-state index in [1.54, 1.807) is 42.1 Å². The van der Waals surface area contributed by atoms with Crippen LogP contribution in [0, 0.1) is 0 Å². The molecule has 1 aliphatic rings. The van der Waals surface area contributed by atoms with Gasteiger partial charge < -0.3 is 24.8 Å². The van der Waals surface area contributed by atoms with Gasteiger partial charge in [0.05, 0.1) is 38.6 Å². The lowest BCUT2D eigenvalue weighted by atomic mass is 10.1. The number of amides is 2. The Kier molecular flexibility index (Phi) is 6.52. The predicted molar refractivity (Wildman–Crippen MR) is 124 cm³/mol.